The fourth-order valence-corrected chi connectivity index (χ4v) is 2.88. The van der Waals surface area contributed by atoms with Crippen molar-refractivity contribution in [3.8, 4) is 11.5 Å². The molecule has 1 amide bonds. The van der Waals surface area contributed by atoms with Gasteiger partial charge in [0, 0.05) is 12.6 Å². The summed E-state index contributed by atoms with van der Waals surface area (Å²) < 4.78 is 12.6. The van der Waals surface area contributed by atoms with Gasteiger partial charge in [-0.3, -0.25) is 4.79 Å². The third-order valence-electron chi connectivity index (χ3n) is 4.34. The number of methoxy groups -OCH3 is 1. The average Bonchev–Trinajstić information content (AvgIpc) is 3.19. The van der Waals surface area contributed by atoms with E-state index in [0.717, 1.165) is 37.4 Å². The highest BCUT2D eigenvalue weighted by Gasteiger charge is 2.18. The van der Waals surface area contributed by atoms with Crippen LogP contribution >= 0.6 is 0 Å². The Labute approximate surface area is 152 Å². The molecule has 26 heavy (non-hydrogen) atoms. The lowest BCUT2D eigenvalue weighted by Gasteiger charge is -2.22. The number of carbonyl (C=O) groups is 1. The van der Waals surface area contributed by atoms with Gasteiger partial charge in [0.05, 0.1) is 26.0 Å². The second kappa shape index (κ2) is 9.19. The molecule has 2 heterocycles. The lowest BCUT2D eigenvalue weighted by atomic mass is 10.1. The number of nitrogens with zero attached hydrogens (tertiary/aromatic N) is 3. The quantitative estimate of drug-likeness (QED) is 0.693. The van der Waals surface area contributed by atoms with E-state index in [-0.39, 0.29) is 5.91 Å². The van der Waals surface area contributed by atoms with Crippen molar-refractivity contribution in [1.82, 2.24) is 25.6 Å². The van der Waals surface area contributed by atoms with Crippen LogP contribution in [-0.4, -0.2) is 54.3 Å². The predicted octanol–water partition coefficient (Wildman–Crippen LogP) is 1.41. The van der Waals surface area contributed by atoms with Crippen molar-refractivity contribution in [2.24, 2.45) is 0 Å². The Kier molecular flexibility index (Phi) is 6.43. The van der Waals surface area contributed by atoms with Crippen LogP contribution in [-0.2, 0) is 0 Å². The molecule has 1 fully saturated rings. The molecule has 0 bridgehead atoms. The Morgan fingerprint density at radius 2 is 2.15 bits per heavy atom. The summed E-state index contributed by atoms with van der Waals surface area (Å²) >= 11 is 0. The van der Waals surface area contributed by atoms with Crippen LogP contribution in [0.15, 0.2) is 30.5 Å². The first-order valence-electron chi connectivity index (χ1n) is 8.94. The Morgan fingerprint density at radius 3 is 2.96 bits per heavy atom. The van der Waals surface area contributed by atoms with Gasteiger partial charge in [-0.05, 0) is 44.5 Å². The maximum atomic E-state index is 12.2. The number of hydrogen-bond acceptors (Lipinski definition) is 6. The molecule has 1 aromatic heterocycles. The van der Waals surface area contributed by atoms with E-state index in [1.54, 1.807) is 13.3 Å². The normalized spacial score (nSPS) is 14.8. The number of nitrogens with one attached hydrogen (secondary N) is 2. The summed E-state index contributed by atoms with van der Waals surface area (Å²) in [4.78, 5) is 12.2. The Hall–Kier alpha value is -2.61. The van der Waals surface area contributed by atoms with Crippen LogP contribution in [0.4, 0.5) is 0 Å². The van der Waals surface area contributed by atoms with Gasteiger partial charge < -0.3 is 20.1 Å². The van der Waals surface area contributed by atoms with E-state index in [0.29, 0.717) is 31.3 Å². The van der Waals surface area contributed by atoms with Crippen LogP contribution in [0.3, 0.4) is 0 Å². The van der Waals surface area contributed by atoms with E-state index >= 15 is 0 Å². The minimum absolute atomic E-state index is 0.202. The molecule has 140 valence electrons. The van der Waals surface area contributed by atoms with Gasteiger partial charge in [0.25, 0.3) is 5.91 Å². The number of piperidine rings is 1. The van der Waals surface area contributed by atoms with Gasteiger partial charge in [0.1, 0.15) is 11.5 Å². The van der Waals surface area contributed by atoms with Gasteiger partial charge in [0.15, 0.2) is 5.69 Å². The van der Waals surface area contributed by atoms with Gasteiger partial charge in [-0.1, -0.05) is 11.3 Å². The molecule has 2 N–H and O–H groups in total. The van der Waals surface area contributed by atoms with Crippen molar-refractivity contribution >= 4 is 5.91 Å². The molecule has 1 aliphatic heterocycles. The van der Waals surface area contributed by atoms with Crippen LogP contribution in [0.2, 0.25) is 0 Å². The second-order valence-electron chi connectivity index (χ2n) is 6.20. The SMILES string of the molecule is COc1cccc(OCCCNC(=O)c2cn(C3CCNCC3)nn2)c1. The predicted molar refractivity (Wildman–Crippen MR) is 96.6 cm³/mol. The van der Waals surface area contributed by atoms with Crippen LogP contribution in [0.5, 0.6) is 11.5 Å². The first kappa shape index (κ1) is 18.2. The molecule has 0 unspecified atom stereocenters. The number of aromatic nitrogens is 3. The first-order chi connectivity index (χ1) is 12.8. The van der Waals surface area contributed by atoms with Crippen LogP contribution in [0.1, 0.15) is 35.8 Å². The number of rotatable bonds is 8. The summed E-state index contributed by atoms with van der Waals surface area (Å²) in [5.41, 5.74) is 0.359. The molecule has 0 radical (unpaired) electrons. The minimum Gasteiger partial charge on any atom is -0.497 e. The van der Waals surface area contributed by atoms with Crippen molar-refractivity contribution in [1.29, 1.82) is 0 Å². The van der Waals surface area contributed by atoms with Crippen molar-refractivity contribution in [2.75, 3.05) is 33.4 Å². The average molecular weight is 359 g/mol. The number of ether oxygens (including phenoxy) is 2. The first-order valence-corrected chi connectivity index (χ1v) is 8.94. The number of carbonyl (C=O) groups excluding carboxylic acids is 1. The van der Waals surface area contributed by atoms with Gasteiger partial charge in [-0.15, -0.1) is 5.10 Å². The summed E-state index contributed by atoms with van der Waals surface area (Å²) in [6.07, 6.45) is 4.45. The highest BCUT2D eigenvalue weighted by atomic mass is 16.5. The van der Waals surface area contributed by atoms with E-state index in [2.05, 4.69) is 20.9 Å². The third-order valence-corrected chi connectivity index (χ3v) is 4.34. The van der Waals surface area contributed by atoms with E-state index in [4.69, 9.17) is 9.47 Å². The molecule has 2 aromatic rings. The molecule has 0 saturated carbocycles. The molecular formula is C18H25N5O3. The van der Waals surface area contributed by atoms with Crippen molar-refractivity contribution in [2.45, 2.75) is 25.3 Å². The number of amides is 1. The second-order valence-corrected chi connectivity index (χ2v) is 6.20. The largest absolute Gasteiger partial charge is 0.497 e. The summed E-state index contributed by atoms with van der Waals surface area (Å²) in [5, 5.41) is 14.3. The molecule has 1 saturated heterocycles. The molecular weight excluding hydrogens is 334 g/mol. The molecule has 8 nitrogen and oxygen atoms in total. The molecule has 1 aliphatic rings. The summed E-state index contributed by atoms with van der Waals surface area (Å²) in [5.74, 6) is 1.31. The van der Waals surface area contributed by atoms with Crippen LogP contribution < -0.4 is 20.1 Å². The zero-order valence-electron chi connectivity index (χ0n) is 15.0. The fraction of sp³-hybridized carbons (Fsp3) is 0.500. The Bertz CT molecular complexity index is 712. The zero-order chi connectivity index (χ0) is 18.2. The van der Waals surface area contributed by atoms with E-state index in [1.807, 2.05) is 28.9 Å². The lowest BCUT2D eigenvalue weighted by Crippen LogP contribution is -2.29. The Balaban J connectivity index is 1.38. The molecule has 0 aliphatic carbocycles. The van der Waals surface area contributed by atoms with Crippen molar-refractivity contribution in [3.63, 3.8) is 0 Å². The highest BCUT2D eigenvalue weighted by molar-refractivity contribution is 5.91. The van der Waals surface area contributed by atoms with Crippen molar-refractivity contribution < 1.29 is 14.3 Å². The molecule has 0 spiro atoms. The minimum atomic E-state index is -0.202. The molecule has 3 rings (SSSR count). The molecule has 1 aromatic carbocycles. The summed E-state index contributed by atoms with van der Waals surface area (Å²) in [7, 11) is 1.62. The fourth-order valence-electron chi connectivity index (χ4n) is 2.88. The molecule has 0 atom stereocenters. The van der Waals surface area contributed by atoms with E-state index in [9.17, 15) is 4.79 Å². The van der Waals surface area contributed by atoms with Crippen LogP contribution in [0, 0.1) is 0 Å². The monoisotopic (exact) mass is 359 g/mol. The summed E-state index contributed by atoms with van der Waals surface area (Å²) in [6.45, 7) is 2.97. The van der Waals surface area contributed by atoms with E-state index < -0.39 is 0 Å². The smallest absolute Gasteiger partial charge is 0.273 e. The standard InChI is InChI=1S/C18H25N5O3/c1-25-15-4-2-5-16(12-15)26-11-3-8-20-18(24)17-13-23(22-21-17)14-6-9-19-10-7-14/h2,4-5,12-14,19H,3,6-11H2,1H3,(H,20,24). The highest BCUT2D eigenvalue weighted by Crippen LogP contribution is 2.19. The van der Waals surface area contributed by atoms with Crippen LogP contribution in [0.25, 0.3) is 0 Å². The number of hydrogen-bond donors (Lipinski definition) is 2. The lowest BCUT2D eigenvalue weighted by molar-refractivity contribution is 0.0946. The maximum Gasteiger partial charge on any atom is 0.273 e. The summed E-state index contributed by atoms with van der Waals surface area (Å²) in [6, 6.07) is 7.77. The van der Waals surface area contributed by atoms with Crippen molar-refractivity contribution in [3.05, 3.63) is 36.2 Å². The van der Waals surface area contributed by atoms with Gasteiger partial charge in [0.2, 0.25) is 0 Å². The van der Waals surface area contributed by atoms with Gasteiger partial charge >= 0.3 is 0 Å². The molecule has 8 heteroatoms. The van der Waals surface area contributed by atoms with Gasteiger partial charge in [-0.2, -0.15) is 0 Å². The van der Waals surface area contributed by atoms with Gasteiger partial charge in [-0.25, -0.2) is 4.68 Å². The Morgan fingerprint density at radius 1 is 1.35 bits per heavy atom. The van der Waals surface area contributed by atoms with E-state index in [1.165, 1.54) is 0 Å². The third kappa shape index (κ3) is 4.95. The topological polar surface area (TPSA) is 90.3 Å². The number of benzene rings is 1. The zero-order valence-corrected chi connectivity index (χ0v) is 15.0. The maximum absolute atomic E-state index is 12.2.